The third kappa shape index (κ3) is 1.24. The van der Waals surface area contributed by atoms with Gasteiger partial charge in [-0.05, 0) is 12.1 Å². The van der Waals surface area contributed by atoms with Crippen molar-refractivity contribution in [3.05, 3.63) is 17.8 Å². The maximum atomic E-state index is 10.4. The zero-order valence-corrected chi connectivity index (χ0v) is 7.09. The van der Waals surface area contributed by atoms with Crippen LogP contribution in [0, 0.1) is 6.92 Å². The molecule has 0 atom stereocenters. The van der Waals surface area contributed by atoms with Crippen LogP contribution >= 0.6 is 0 Å². The number of hydrogen-bond acceptors (Lipinski definition) is 6. The summed E-state index contributed by atoms with van der Waals surface area (Å²) in [6, 6.07) is 0. The van der Waals surface area contributed by atoms with Crippen molar-refractivity contribution < 1.29 is 18.9 Å². The number of hydrogen-bond donors (Lipinski definition) is 1. The number of rotatable bonds is 2. The van der Waals surface area contributed by atoms with E-state index in [1.807, 2.05) is 0 Å². The van der Waals surface area contributed by atoms with Gasteiger partial charge in [-0.2, -0.15) is 4.98 Å². The first kappa shape index (κ1) is 8.42. The summed E-state index contributed by atoms with van der Waals surface area (Å²) in [5, 5.41) is 15.4. The average Bonchev–Trinajstić information content (AvgIpc) is 2.71. The molecule has 0 bridgehead atoms. The Morgan fingerprint density at radius 1 is 1.50 bits per heavy atom. The van der Waals surface area contributed by atoms with Crippen molar-refractivity contribution in [2.45, 2.75) is 6.92 Å². The maximum Gasteiger partial charge on any atom is 0.377 e. The van der Waals surface area contributed by atoms with Crippen LogP contribution in [0.25, 0.3) is 11.5 Å². The topological polar surface area (TPSA) is 102 Å². The molecule has 0 saturated heterocycles. The predicted molar refractivity (Wildman–Crippen MR) is 41.5 cm³/mol. The molecule has 0 aromatic carbocycles. The molecule has 0 aliphatic rings. The molecule has 1 N–H and O–H groups in total. The molecule has 2 heterocycles. The molecule has 0 saturated carbocycles. The number of nitrogens with zero attached hydrogens (tertiary/aromatic N) is 3. The van der Waals surface area contributed by atoms with E-state index >= 15 is 0 Å². The van der Waals surface area contributed by atoms with E-state index < -0.39 is 5.97 Å². The number of carbonyl (C=O) groups is 1. The van der Waals surface area contributed by atoms with Crippen LogP contribution in [0.15, 0.2) is 15.3 Å². The largest absolute Gasteiger partial charge is 0.475 e. The Morgan fingerprint density at radius 3 is 2.79 bits per heavy atom. The van der Waals surface area contributed by atoms with E-state index in [9.17, 15) is 4.79 Å². The number of carboxylic acids is 1. The lowest BCUT2D eigenvalue weighted by Crippen LogP contribution is -1.98. The summed E-state index contributed by atoms with van der Waals surface area (Å²) in [5.74, 6) is -1.55. The Balaban J connectivity index is 2.43. The van der Waals surface area contributed by atoms with Gasteiger partial charge in [0, 0.05) is 0 Å². The molecule has 7 nitrogen and oxygen atoms in total. The third-order valence-electron chi connectivity index (χ3n) is 1.60. The number of aromatic nitrogens is 3. The van der Waals surface area contributed by atoms with E-state index in [1.54, 1.807) is 6.92 Å². The van der Waals surface area contributed by atoms with Crippen molar-refractivity contribution >= 4 is 5.97 Å². The first-order valence-corrected chi connectivity index (χ1v) is 3.67. The summed E-state index contributed by atoms with van der Waals surface area (Å²) >= 11 is 0. The molecule has 0 fully saturated rings. The van der Waals surface area contributed by atoms with Gasteiger partial charge in [0.1, 0.15) is 11.8 Å². The fraction of sp³-hybridized carbons (Fsp3) is 0.143. The maximum absolute atomic E-state index is 10.4. The summed E-state index contributed by atoms with van der Waals surface area (Å²) in [4.78, 5) is 14.1. The first-order chi connectivity index (χ1) is 6.68. The fourth-order valence-corrected chi connectivity index (χ4v) is 0.917. The molecule has 72 valence electrons. The Labute approximate surface area is 77.3 Å². The van der Waals surface area contributed by atoms with Crippen molar-refractivity contribution in [2.75, 3.05) is 0 Å². The van der Waals surface area contributed by atoms with Crippen LogP contribution in [-0.4, -0.2) is 26.4 Å². The van der Waals surface area contributed by atoms with Gasteiger partial charge in [-0.3, -0.25) is 0 Å². The number of aryl methyl sites for hydroxylation is 1. The van der Waals surface area contributed by atoms with Gasteiger partial charge in [0.2, 0.25) is 0 Å². The Kier molecular flexibility index (Phi) is 1.77. The molecule has 0 spiro atoms. The zero-order chi connectivity index (χ0) is 10.1. The molecular formula is C7H5N3O4. The van der Waals surface area contributed by atoms with Crippen LogP contribution in [0.4, 0.5) is 0 Å². The van der Waals surface area contributed by atoms with Crippen molar-refractivity contribution in [3.8, 4) is 11.5 Å². The summed E-state index contributed by atoms with van der Waals surface area (Å²) in [7, 11) is 0. The second kappa shape index (κ2) is 2.95. The molecule has 0 radical (unpaired) electrons. The van der Waals surface area contributed by atoms with Crippen molar-refractivity contribution in [2.24, 2.45) is 0 Å². The fourth-order valence-electron chi connectivity index (χ4n) is 0.917. The molecule has 7 heteroatoms. The van der Waals surface area contributed by atoms with E-state index in [-0.39, 0.29) is 11.7 Å². The van der Waals surface area contributed by atoms with E-state index in [4.69, 9.17) is 9.63 Å². The Morgan fingerprint density at radius 2 is 2.29 bits per heavy atom. The van der Waals surface area contributed by atoms with Gasteiger partial charge in [0.25, 0.3) is 11.7 Å². The van der Waals surface area contributed by atoms with Crippen LogP contribution in [0.2, 0.25) is 0 Å². The minimum atomic E-state index is -1.24. The normalized spacial score (nSPS) is 10.4. The summed E-state index contributed by atoms with van der Waals surface area (Å²) in [5.41, 5.74) is 1.05. The highest BCUT2D eigenvalue weighted by atomic mass is 16.5. The van der Waals surface area contributed by atoms with E-state index in [0.29, 0.717) is 11.3 Å². The standard InChI is InChI=1S/C7H5N3O4/c1-3-4(2-13-9-3)6-8-5(7(11)12)10-14-6/h2H,1H3,(H,11,12). The van der Waals surface area contributed by atoms with E-state index in [2.05, 4.69) is 19.8 Å². The highest BCUT2D eigenvalue weighted by Gasteiger charge is 2.17. The lowest BCUT2D eigenvalue weighted by Gasteiger charge is -1.84. The van der Waals surface area contributed by atoms with Crippen LogP contribution in [-0.2, 0) is 0 Å². The van der Waals surface area contributed by atoms with Crippen molar-refractivity contribution in [1.82, 2.24) is 15.3 Å². The molecular weight excluding hydrogens is 190 g/mol. The van der Waals surface area contributed by atoms with Crippen LogP contribution < -0.4 is 0 Å². The van der Waals surface area contributed by atoms with Gasteiger partial charge in [-0.1, -0.05) is 5.16 Å². The van der Waals surface area contributed by atoms with Gasteiger partial charge < -0.3 is 14.2 Å². The lowest BCUT2D eigenvalue weighted by atomic mass is 10.3. The second-order valence-electron chi connectivity index (χ2n) is 2.54. The molecule has 0 aliphatic heterocycles. The van der Waals surface area contributed by atoms with E-state index in [0.717, 1.165) is 0 Å². The van der Waals surface area contributed by atoms with Gasteiger partial charge >= 0.3 is 5.97 Å². The average molecular weight is 195 g/mol. The lowest BCUT2D eigenvalue weighted by molar-refractivity contribution is 0.0680. The molecule has 0 amide bonds. The molecule has 2 aromatic heterocycles. The third-order valence-corrected chi connectivity index (χ3v) is 1.60. The van der Waals surface area contributed by atoms with Gasteiger partial charge in [-0.15, -0.1) is 0 Å². The first-order valence-electron chi connectivity index (χ1n) is 3.67. The predicted octanol–water partition coefficient (Wildman–Crippen LogP) is 0.731. The summed E-state index contributed by atoms with van der Waals surface area (Å²) in [6.07, 6.45) is 1.31. The van der Waals surface area contributed by atoms with Crippen LogP contribution in [0.1, 0.15) is 16.3 Å². The quantitative estimate of drug-likeness (QED) is 0.753. The van der Waals surface area contributed by atoms with Crippen LogP contribution in [0.5, 0.6) is 0 Å². The SMILES string of the molecule is Cc1nocc1-c1nc(C(=O)O)no1. The number of carboxylic acid groups (broad SMARTS) is 1. The number of aromatic carboxylic acids is 1. The smallest absolute Gasteiger partial charge is 0.377 e. The van der Waals surface area contributed by atoms with E-state index in [1.165, 1.54) is 6.26 Å². The molecule has 0 unspecified atom stereocenters. The highest BCUT2D eigenvalue weighted by molar-refractivity contribution is 5.83. The van der Waals surface area contributed by atoms with Crippen LogP contribution in [0.3, 0.4) is 0 Å². The summed E-state index contributed by atoms with van der Waals surface area (Å²) < 4.78 is 9.35. The summed E-state index contributed by atoms with van der Waals surface area (Å²) in [6.45, 7) is 1.68. The minimum absolute atomic E-state index is 0.0844. The monoisotopic (exact) mass is 195 g/mol. The van der Waals surface area contributed by atoms with Crippen molar-refractivity contribution in [3.63, 3.8) is 0 Å². The minimum Gasteiger partial charge on any atom is -0.475 e. The van der Waals surface area contributed by atoms with Gasteiger partial charge in [0.05, 0.1) is 5.69 Å². The molecule has 2 rings (SSSR count). The second-order valence-corrected chi connectivity index (χ2v) is 2.54. The van der Waals surface area contributed by atoms with Crippen molar-refractivity contribution in [1.29, 1.82) is 0 Å². The zero-order valence-electron chi connectivity index (χ0n) is 7.09. The molecule has 14 heavy (non-hydrogen) atoms. The molecule has 0 aliphatic carbocycles. The molecule has 2 aromatic rings. The Hall–Kier alpha value is -2.18. The highest BCUT2D eigenvalue weighted by Crippen LogP contribution is 2.19. The Bertz CT molecular complexity index is 473. The van der Waals surface area contributed by atoms with Gasteiger partial charge in [-0.25, -0.2) is 4.79 Å². The van der Waals surface area contributed by atoms with Gasteiger partial charge in [0.15, 0.2) is 0 Å².